The molecule has 1 saturated heterocycles. The molecule has 0 spiro atoms. The van der Waals surface area contributed by atoms with Crippen LogP contribution < -0.4 is 33.9 Å². The van der Waals surface area contributed by atoms with E-state index in [1.165, 1.54) is 26.9 Å². The van der Waals surface area contributed by atoms with E-state index in [2.05, 4.69) is 27.2 Å². The summed E-state index contributed by atoms with van der Waals surface area (Å²) in [6, 6.07) is 15.1. The molecule has 1 fully saturated rings. The molecule has 10 nitrogen and oxygen atoms in total. The Hall–Kier alpha value is -4.22. The Morgan fingerprint density at radius 1 is 0.925 bits per heavy atom. The highest BCUT2D eigenvalue weighted by Gasteiger charge is 2.22. The van der Waals surface area contributed by atoms with Crippen LogP contribution in [0.25, 0.3) is 10.2 Å². The van der Waals surface area contributed by atoms with Gasteiger partial charge >= 0.3 is 0 Å². The largest absolute Gasteiger partial charge is 0.493 e. The molecule has 3 aromatic carbocycles. The van der Waals surface area contributed by atoms with Gasteiger partial charge in [-0.05, 0) is 35.9 Å². The van der Waals surface area contributed by atoms with E-state index in [0.29, 0.717) is 35.3 Å². The number of nitrogens with one attached hydrogen (secondary N) is 1. The summed E-state index contributed by atoms with van der Waals surface area (Å²) in [6.07, 6.45) is 0. The van der Waals surface area contributed by atoms with E-state index in [9.17, 15) is 4.79 Å². The maximum atomic E-state index is 13.1. The van der Waals surface area contributed by atoms with Crippen molar-refractivity contribution in [2.45, 2.75) is 6.54 Å². The van der Waals surface area contributed by atoms with Gasteiger partial charge < -0.3 is 33.9 Å². The topological polar surface area (TPSA) is 94.6 Å². The van der Waals surface area contributed by atoms with Crippen LogP contribution in [-0.4, -0.2) is 70.1 Å². The van der Waals surface area contributed by atoms with Crippen LogP contribution in [0.1, 0.15) is 15.9 Å². The number of methoxy groups -OCH3 is 3. The van der Waals surface area contributed by atoms with Gasteiger partial charge in [0, 0.05) is 56.1 Å². The van der Waals surface area contributed by atoms with Gasteiger partial charge in [-0.1, -0.05) is 17.4 Å². The van der Waals surface area contributed by atoms with Crippen molar-refractivity contribution in [2.75, 3.05) is 64.5 Å². The molecule has 0 saturated carbocycles. The van der Waals surface area contributed by atoms with Crippen molar-refractivity contribution in [3.05, 3.63) is 59.7 Å². The average molecular weight is 563 g/mol. The van der Waals surface area contributed by atoms with Gasteiger partial charge in [-0.25, -0.2) is 4.98 Å². The van der Waals surface area contributed by atoms with Crippen molar-refractivity contribution < 1.29 is 28.5 Å². The molecule has 0 bridgehead atoms. The molecule has 11 heteroatoms. The molecule has 3 heterocycles. The fourth-order valence-electron chi connectivity index (χ4n) is 4.94. The lowest BCUT2D eigenvalue weighted by Crippen LogP contribution is -2.45. The van der Waals surface area contributed by atoms with Crippen molar-refractivity contribution in [3.8, 4) is 28.7 Å². The van der Waals surface area contributed by atoms with Crippen molar-refractivity contribution >= 4 is 38.3 Å². The third-order valence-electron chi connectivity index (χ3n) is 7.05. The second-order valence-electron chi connectivity index (χ2n) is 9.50. The van der Waals surface area contributed by atoms with E-state index >= 15 is 0 Å². The van der Waals surface area contributed by atoms with Gasteiger partial charge in [0.25, 0.3) is 5.91 Å². The number of hydrogen-bond acceptors (Lipinski definition) is 10. The van der Waals surface area contributed by atoms with E-state index < -0.39 is 0 Å². The number of rotatable bonds is 8. The van der Waals surface area contributed by atoms with Crippen molar-refractivity contribution in [1.29, 1.82) is 0 Å². The zero-order valence-corrected chi connectivity index (χ0v) is 23.4. The maximum absolute atomic E-state index is 13.1. The van der Waals surface area contributed by atoms with Gasteiger partial charge in [-0.3, -0.25) is 9.69 Å². The van der Waals surface area contributed by atoms with Crippen LogP contribution in [0.5, 0.6) is 28.7 Å². The molecule has 2 aliphatic rings. The summed E-state index contributed by atoms with van der Waals surface area (Å²) in [7, 11) is 4.62. The zero-order valence-electron chi connectivity index (χ0n) is 22.6. The lowest BCUT2D eigenvalue weighted by molar-refractivity contribution is 0.102. The highest BCUT2D eigenvalue weighted by Crippen LogP contribution is 2.40. The number of amides is 1. The van der Waals surface area contributed by atoms with Crippen LogP contribution in [0.3, 0.4) is 0 Å². The minimum absolute atomic E-state index is 0.233. The second kappa shape index (κ2) is 11.1. The summed E-state index contributed by atoms with van der Waals surface area (Å²) >= 11 is 1.61. The van der Waals surface area contributed by atoms with Crippen molar-refractivity contribution in [2.24, 2.45) is 0 Å². The number of nitrogens with zero attached hydrogens (tertiary/aromatic N) is 3. The lowest BCUT2D eigenvalue weighted by atomic mass is 10.1. The van der Waals surface area contributed by atoms with Crippen LogP contribution in [0, 0.1) is 0 Å². The number of aromatic nitrogens is 1. The number of anilines is 2. The van der Waals surface area contributed by atoms with E-state index in [1.54, 1.807) is 29.5 Å². The first kappa shape index (κ1) is 26.0. The number of ether oxygens (including phenoxy) is 5. The first-order valence-electron chi connectivity index (χ1n) is 12.9. The predicted octanol–water partition coefficient (Wildman–Crippen LogP) is 4.63. The minimum atomic E-state index is -0.233. The van der Waals surface area contributed by atoms with E-state index in [0.717, 1.165) is 59.6 Å². The summed E-state index contributed by atoms with van der Waals surface area (Å²) in [5, 5.41) is 3.90. The van der Waals surface area contributed by atoms with Crippen LogP contribution in [0.2, 0.25) is 0 Å². The minimum Gasteiger partial charge on any atom is -0.493 e. The molecule has 1 amide bonds. The Bertz CT molecular complexity index is 1520. The lowest BCUT2D eigenvalue weighted by Gasteiger charge is -2.34. The summed E-state index contributed by atoms with van der Waals surface area (Å²) in [4.78, 5) is 22.7. The van der Waals surface area contributed by atoms with Crippen LogP contribution >= 0.6 is 11.3 Å². The second-order valence-corrected chi connectivity index (χ2v) is 10.5. The molecule has 1 aromatic heterocycles. The molecule has 2 aliphatic heterocycles. The fraction of sp³-hybridized carbons (Fsp3) is 0.310. The number of piperazine rings is 1. The quantitative estimate of drug-likeness (QED) is 0.330. The Kier molecular flexibility index (Phi) is 7.23. The molecule has 0 aliphatic carbocycles. The molecule has 0 unspecified atom stereocenters. The van der Waals surface area contributed by atoms with E-state index in [4.69, 9.17) is 28.7 Å². The van der Waals surface area contributed by atoms with Crippen molar-refractivity contribution in [3.63, 3.8) is 0 Å². The molecular weight excluding hydrogens is 532 g/mol. The van der Waals surface area contributed by atoms with Gasteiger partial charge in [0.15, 0.2) is 28.1 Å². The van der Waals surface area contributed by atoms with Gasteiger partial charge in [0.1, 0.15) is 0 Å². The molecule has 40 heavy (non-hydrogen) atoms. The third-order valence-corrected chi connectivity index (χ3v) is 8.13. The van der Waals surface area contributed by atoms with E-state index in [1.807, 2.05) is 18.2 Å². The van der Waals surface area contributed by atoms with E-state index in [-0.39, 0.29) is 5.91 Å². The van der Waals surface area contributed by atoms with Crippen LogP contribution in [0.15, 0.2) is 48.5 Å². The summed E-state index contributed by atoms with van der Waals surface area (Å²) in [5.74, 6) is 2.80. The number of carbonyl (C=O) groups excluding carboxylic acids is 1. The third kappa shape index (κ3) is 5.17. The normalized spacial score (nSPS) is 14.8. The predicted molar refractivity (Wildman–Crippen MR) is 154 cm³/mol. The molecule has 208 valence electrons. The molecular formula is C29H30N4O6S. The van der Waals surface area contributed by atoms with Gasteiger partial charge in [-0.15, -0.1) is 0 Å². The molecule has 6 rings (SSSR count). The van der Waals surface area contributed by atoms with Gasteiger partial charge in [0.2, 0.25) is 12.5 Å². The fourth-order valence-corrected chi connectivity index (χ4v) is 6.00. The highest BCUT2D eigenvalue weighted by atomic mass is 32.1. The van der Waals surface area contributed by atoms with Gasteiger partial charge in [-0.2, -0.15) is 0 Å². The first-order chi connectivity index (χ1) is 19.5. The first-order valence-corrected chi connectivity index (χ1v) is 13.7. The smallest absolute Gasteiger partial charge is 0.255 e. The van der Waals surface area contributed by atoms with Gasteiger partial charge in [0.05, 0.1) is 31.5 Å². The monoisotopic (exact) mass is 562 g/mol. The summed E-state index contributed by atoms with van der Waals surface area (Å²) in [6.45, 7) is 4.81. The number of thiazole rings is 1. The number of benzene rings is 3. The average Bonchev–Trinajstić information content (AvgIpc) is 3.63. The number of hydrogen-bond donors (Lipinski definition) is 1. The summed E-state index contributed by atoms with van der Waals surface area (Å²) in [5.41, 5.74) is 3.19. The van der Waals surface area contributed by atoms with Crippen molar-refractivity contribution in [1.82, 2.24) is 9.88 Å². The Labute approximate surface area is 236 Å². The Morgan fingerprint density at radius 2 is 1.68 bits per heavy atom. The SMILES string of the molecule is COc1cc(NC(=O)c2ccc3nc(N4CCN(Cc5ccc6c(c5)OCO6)CC4)sc3c2)cc(OC)c1OC. The maximum Gasteiger partial charge on any atom is 0.255 e. The number of fused-ring (bicyclic) bond motifs is 2. The summed E-state index contributed by atoms with van der Waals surface area (Å²) < 4.78 is 28.1. The zero-order chi connectivity index (χ0) is 27.6. The Morgan fingerprint density at radius 3 is 2.40 bits per heavy atom. The number of carbonyl (C=O) groups is 1. The molecule has 0 atom stereocenters. The van der Waals surface area contributed by atoms with Crippen LogP contribution in [-0.2, 0) is 6.54 Å². The molecule has 0 radical (unpaired) electrons. The van der Waals surface area contributed by atoms with Crippen LogP contribution in [0.4, 0.5) is 10.8 Å². The Balaban J connectivity index is 1.11. The molecule has 1 N–H and O–H groups in total. The highest BCUT2D eigenvalue weighted by molar-refractivity contribution is 7.22. The molecule has 4 aromatic rings. The standard InChI is InChI=1S/C29H30N4O6S/c1-35-24-14-20(15-25(36-2)27(24)37-3)30-28(34)19-5-6-21-26(13-19)40-29(31-21)33-10-8-32(9-11-33)16-18-4-7-22-23(12-18)39-17-38-22/h4-7,12-15H,8-11,16-17H2,1-3H3,(H,30,34).